The summed E-state index contributed by atoms with van der Waals surface area (Å²) >= 11 is 5.87. The fourth-order valence-corrected chi connectivity index (χ4v) is 2.01. The smallest absolute Gasteiger partial charge is 0.478 e. The van der Waals surface area contributed by atoms with Crippen LogP contribution >= 0.6 is 11.6 Å². The van der Waals surface area contributed by atoms with Crippen molar-refractivity contribution in [3.8, 4) is 23.0 Å². The van der Waals surface area contributed by atoms with Gasteiger partial charge in [0.2, 0.25) is 5.75 Å². The second-order valence-corrected chi connectivity index (χ2v) is 5.24. The van der Waals surface area contributed by atoms with E-state index in [2.05, 4.69) is 9.97 Å². The standard InChI is InChI=1S/C15H15ClN2O4/c1-8(2)11-12(22-15(19)20)14(21-3)18-13(17-11)9-4-6-10(16)7-5-9/h4-8H,1-3H3,(H,19,20). The highest BCUT2D eigenvalue weighted by Gasteiger charge is 2.22. The SMILES string of the molecule is COc1nc(-c2ccc(Cl)cc2)nc(C(C)C)c1OC(=O)O. The number of hydrogen-bond donors (Lipinski definition) is 1. The first-order valence-corrected chi connectivity index (χ1v) is 6.92. The molecular weight excluding hydrogens is 308 g/mol. The van der Waals surface area contributed by atoms with E-state index in [0.717, 1.165) is 5.56 Å². The molecule has 116 valence electrons. The molecule has 0 radical (unpaired) electrons. The van der Waals surface area contributed by atoms with Crippen LogP contribution in [0.4, 0.5) is 4.79 Å². The molecule has 0 aliphatic rings. The van der Waals surface area contributed by atoms with E-state index in [1.807, 2.05) is 13.8 Å². The van der Waals surface area contributed by atoms with E-state index in [9.17, 15) is 4.79 Å². The van der Waals surface area contributed by atoms with Gasteiger partial charge >= 0.3 is 6.16 Å². The monoisotopic (exact) mass is 322 g/mol. The molecular formula is C15H15ClN2O4. The fraction of sp³-hybridized carbons (Fsp3) is 0.267. The van der Waals surface area contributed by atoms with Gasteiger partial charge in [-0.25, -0.2) is 9.78 Å². The van der Waals surface area contributed by atoms with Crippen LogP contribution in [0, 0.1) is 0 Å². The van der Waals surface area contributed by atoms with Crippen LogP contribution in [0.25, 0.3) is 11.4 Å². The average molecular weight is 323 g/mol. The Morgan fingerprint density at radius 3 is 2.36 bits per heavy atom. The Morgan fingerprint density at radius 1 is 1.23 bits per heavy atom. The zero-order chi connectivity index (χ0) is 16.3. The first-order valence-electron chi connectivity index (χ1n) is 6.55. The van der Waals surface area contributed by atoms with Crippen LogP contribution in [0.2, 0.25) is 5.02 Å². The van der Waals surface area contributed by atoms with Crippen molar-refractivity contribution in [1.29, 1.82) is 0 Å². The highest BCUT2D eigenvalue weighted by molar-refractivity contribution is 6.30. The minimum absolute atomic E-state index is 0.0164. The van der Waals surface area contributed by atoms with Gasteiger partial charge in [-0.3, -0.25) is 0 Å². The minimum Gasteiger partial charge on any atom is -0.478 e. The van der Waals surface area contributed by atoms with Crippen molar-refractivity contribution in [3.05, 3.63) is 35.0 Å². The molecule has 0 atom stereocenters. The number of aromatic nitrogens is 2. The average Bonchev–Trinajstić information content (AvgIpc) is 2.47. The lowest BCUT2D eigenvalue weighted by Gasteiger charge is -2.15. The molecule has 0 saturated heterocycles. The van der Waals surface area contributed by atoms with Gasteiger partial charge in [-0.05, 0) is 30.2 Å². The Morgan fingerprint density at radius 2 is 1.86 bits per heavy atom. The summed E-state index contributed by atoms with van der Waals surface area (Å²) in [5.41, 5.74) is 1.20. The predicted molar refractivity (Wildman–Crippen MR) is 81.8 cm³/mol. The number of ether oxygens (including phenoxy) is 2. The van der Waals surface area contributed by atoms with Gasteiger partial charge in [-0.1, -0.05) is 25.4 Å². The molecule has 2 rings (SSSR count). The van der Waals surface area contributed by atoms with Crippen molar-refractivity contribution >= 4 is 17.8 Å². The Hall–Kier alpha value is -2.34. The number of benzene rings is 1. The molecule has 0 bridgehead atoms. The van der Waals surface area contributed by atoms with Crippen LogP contribution in [-0.4, -0.2) is 28.3 Å². The third-order valence-corrected chi connectivity index (χ3v) is 3.14. The number of methoxy groups -OCH3 is 1. The third kappa shape index (κ3) is 3.46. The topological polar surface area (TPSA) is 81.5 Å². The van der Waals surface area contributed by atoms with Crippen molar-refractivity contribution in [2.75, 3.05) is 7.11 Å². The molecule has 7 heteroatoms. The normalized spacial score (nSPS) is 10.6. The molecule has 2 aromatic rings. The number of rotatable bonds is 4. The number of carboxylic acid groups (broad SMARTS) is 1. The Balaban J connectivity index is 2.60. The van der Waals surface area contributed by atoms with Gasteiger partial charge < -0.3 is 14.6 Å². The maximum Gasteiger partial charge on any atom is 0.511 e. The van der Waals surface area contributed by atoms with E-state index >= 15 is 0 Å². The van der Waals surface area contributed by atoms with E-state index in [-0.39, 0.29) is 17.5 Å². The van der Waals surface area contributed by atoms with E-state index in [1.165, 1.54) is 7.11 Å². The molecule has 1 aromatic heterocycles. The first-order chi connectivity index (χ1) is 10.4. The lowest BCUT2D eigenvalue weighted by Crippen LogP contribution is -2.11. The van der Waals surface area contributed by atoms with Gasteiger partial charge in [0.25, 0.3) is 5.88 Å². The van der Waals surface area contributed by atoms with Gasteiger partial charge in [0.05, 0.1) is 12.8 Å². The Bertz CT molecular complexity index is 687. The van der Waals surface area contributed by atoms with Gasteiger partial charge in [-0.2, -0.15) is 4.98 Å². The molecule has 0 spiro atoms. The molecule has 1 heterocycles. The summed E-state index contributed by atoms with van der Waals surface area (Å²) in [5.74, 6) is 0.431. The molecule has 0 aliphatic carbocycles. The van der Waals surface area contributed by atoms with E-state index in [0.29, 0.717) is 16.5 Å². The molecule has 0 saturated carbocycles. The molecule has 0 unspecified atom stereocenters. The second-order valence-electron chi connectivity index (χ2n) is 4.80. The zero-order valence-electron chi connectivity index (χ0n) is 12.3. The van der Waals surface area contributed by atoms with Gasteiger partial charge in [-0.15, -0.1) is 0 Å². The predicted octanol–water partition coefficient (Wildman–Crippen LogP) is 3.99. The lowest BCUT2D eigenvalue weighted by atomic mass is 10.1. The maximum absolute atomic E-state index is 10.9. The second kappa shape index (κ2) is 6.62. The Labute approximate surface area is 132 Å². The van der Waals surface area contributed by atoms with Gasteiger partial charge in [0.1, 0.15) is 0 Å². The first kappa shape index (κ1) is 16.0. The summed E-state index contributed by atoms with van der Waals surface area (Å²) in [4.78, 5) is 19.5. The van der Waals surface area contributed by atoms with E-state index < -0.39 is 6.16 Å². The van der Waals surface area contributed by atoms with E-state index in [4.69, 9.17) is 26.2 Å². The van der Waals surface area contributed by atoms with Crippen molar-refractivity contribution in [3.63, 3.8) is 0 Å². The molecule has 1 aromatic carbocycles. The highest BCUT2D eigenvalue weighted by atomic mass is 35.5. The fourth-order valence-electron chi connectivity index (χ4n) is 1.89. The summed E-state index contributed by atoms with van der Waals surface area (Å²) in [7, 11) is 1.40. The van der Waals surface area contributed by atoms with Gasteiger partial charge in [0.15, 0.2) is 5.82 Å². The number of halogens is 1. The van der Waals surface area contributed by atoms with Gasteiger partial charge in [0, 0.05) is 10.6 Å². The largest absolute Gasteiger partial charge is 0.511 e. The van der Waals surface area contributed by atoms with Crippen molar-refractivity contribution in [1.82, 2.24) is 9.97 Å². The lowest BCUT2D eigenvalue weighted by molar-refractivity contribution is 0.141. The number of nitrogens with zero attached hydrogens (tertiary/aromatic N) is 2. The number of hydrogen-bond acceptors (Lipinski definition) is 5. The van der Waals surface area contributed by atoms with Crippen molar-refractivity contribution in [2.45, 2.75) is 19.8 Å². The zero-order valence-corrected chi connectivity index (χ0v) is 13.1. The van der Waals surface area contributed by atoms with Crippen LogP contribution in [0.15, 0.2) is 24.3 Å². The summed E-state index contributed by atoms with van der Waals surface area (Å²) in [6.45, 7) is 3.75. The van der Waals surface area contributed by atoms with Crippen LogP contribution < -0.4 is 9.47 Å². The van der Waals surface area contributed by atoms with Crippen molar-refractivity contribution in [2.24, 2.45) is 0 Å². The molecule has 6 nitrogen and oxygen atoms in total. The quantitative estimate of drug-likeness (QED) is 0.857. The highest BCUT2D eigenvalue weighted by Crippen LogP contribution is 2.35. The van der Waals surface area contributed by atoms with E-state index in [1.54, 1.807) is 24.3 Å². The van der Waals surface area contributed by atoms with Crippen LogP contribution in [-0.2, 0) is 0 Å². The summed E-state index contributed by atoms with van der Waals surface area (Å²) < 4.78 is 9.94. The third-order valence-electron chi connectivity index (χ3n) is 2.89. The molecule has 0 amide bonds. The van der Waals surface area contributed by atoms with Crippen LogP contribution in [0.3, 0.4) is 0 Å². The summed E-state index contributed by atoms with van der Waals surface area (Å²) in [5, 5.41) is 9.46. The number of carbonyl (C=O) groups is 1. The molecule has 0 aliphatic heterocycles. The molecule has 0 fully saturated rings. The molecule has 1 N–H and O–H groups in total. The Kier molecular flexibility index (Phi) is 4.82. The summed E-state index contributed by atoms with van der Waals surface area (Å²) in [6, 6.07) is 7.00. The molecule has 22 heavy (non-hydrogen) atoms. The van der Waals surface area contributed by atoms with Crippen LogP contribution in [0.5, 0.6) is 11.6 Å². The maximum atomic E-state index is 10.9. The summed E-state index contributed by atoms with van der Waals surface area (Å²) in [6.07, 6.45) is -1.44. The minimum atomic E-state index is -1.44. The van der Waals surface area contributed by atoms with Crippen molar-refractivity contribution < 1.29 is 19.4 Å². The van der Waals surface area contributed by atoms with Crippen LogP contribution in [0.1, 0.15) is 25.5 Å².